The van der Waals surface area contributed by atoms with Gasteiger partial charge in [-0.15, -0.1) is 0 Å². The van der Waals surface area contributed by atoms with Crippen molar-refractivity contribution in [2.75, 3.05) is 7.11 Å². The van der Waals surface area contributed by atoms with Crippen LogP contribution in [0.25, 0.3) is 0 Å². The van der Waals surface area contributed by atoms with Gasteiger partial charge in [0.15, 0.2) is 0 Å². The Kier molecular flexibility index (Phi) is 4.37. The van der Waals surface area contributed by atoms with Crippen LogP contribution in [-0.2, 0) is 6.54 Å². The van der Waals surface area contributed by atoms with Crippen LogP contribution >= 0.6 is 0 Å². The summed E-state index contributed by atoms with van der Waals surface area (Å²) in [5.74, 6) is 0.490. The number of ether oxygens (including phenoxy) is 1. The second-order valence-electron chi connectivity index (χ2n) is 4.67. The van der Waals surface area contributed by atoms with E-state index in [-0.39, 0.29) is 17.2 Å². The van der Waals surface area contributed by atoms with Crippen LogP contribution < -0.4 is 15.6 Å². The van der Waals surface area contributed by atoms with Crippen LogP contribution in [0, 0.1) is 13.8 Å². The van der Waals surface area contributed by atoms with Crippen LogP contribution in [0.4, 0.5) is 0 Å². The third-order valence-electron chi connectivity index (χ3n) is 3.42. The summed E-state index contributed by atoms with van der Waals surface area (Å²) in [7, 11) is 1.63. The molecule has 0 bridgehead atoms. The maximum absolute atomic E-state index is 11.9. The summed E-state index contributed by atoms with van der Waals surface area (Å²) in [6, 6.07) is 6.45. The molecule has 0 fully saturated rings. The Morgan fingerprint density at radius 3 is 2.62 bits per heavy atom. The lowest BCUT2D eigenvalue weighted by molar-refractivity contribution is 0.0944. The van der Waals surface area contributed by atoms with Crippen LogP contribution in [0.1, 0.15) is 27.2 Å². The number of methoxy groups -OCH3 is 1. The Hall–Kier alpha value is -2.63. The molecule has 1 aromatic heterocycles. The number of H-pyrrole nitrogens is 1. The van der Waals surface area contributed by atoms with Gasteiger partial charge in [0, 0.05) is 12.6 Å². The molecule has 1 aromatic carbocycles. The Morgan fingerprint density at radius 2 is 2.00 bits per heavy atom. The second kappa shape index (κ2) is 6.21. The summed E-state index contributed by atoms with van der Waals surface area (Å²) in [6.07, 6.45) is 0. The largest absolute Gasteiger partial charge is 0.496 e. The number of carbonyl (C=O) groups is 1. The van der Waals surface area contributed by atoms with Crippen molar-refractivity contribution in [1.29, 1.82) is 0 Å². The minimum Gasteiger partial charge on any atom is -0.496 e. The first-order chi connectivity index (χ1) is 10.0. The topological polar surface area (TPSA) is 84.1 Å². The van der Waals surface area contributed by atoms with Crippen LogP contribution in [0.5, 0.6) is 5.75 Å². The number of hydrogen-bond donors (Lipinski definition) is 2. The molecule has 0 aliphatic carbocycles. The SMILES string of the molecule is COc1ccc(CNC(=O)c2ccc(=O)[nH]n2)c(C)c1C. The summed E-state index contributed by atoms with van der Waals surface area (Å²) in [6.45, 7) is 4.34. The van der Waals surface area contributed by atoms with E-state index in [9.17, 15) is 9.59 Å². The molecule has 0 radical (unpaired) electrons. The number of nitrogens with zero attached hydrogens (tertiary/aromatic N) is 1. The fourth-order valence-electron chi connectivity index (χ4n) is 2.00. The normalized spacial score (nSPS) is 10.2. The molecule has 6 nitrogen and oxygen atoms in total. The molecule has 1 heterocycles. The van der Waals surface area contributed by atoms with Gasteiger partial charge in [-0.2, -0.15) is 5.10 Å². The highest BCUT2D eigenvalue weighted by atomic mass is 16.5. The highest BCUT2D eigenvalue weighted by Crippen LogP contribution is 2.23. The van der Waals surface area contributed by atoms with Crippen LogP contribution in [0.2, 0.25) is 0 Å². The van der Waals surface area contributed by atoms with Gasteiger partial charge < -0.3 is 10.1 Å². The third kappa shape index (κ3) is 3.28. The van der Waals surface area contributed by atoms with E-state index in [4.69, 9.17) is 4.74 Å². The number of aromatic nitrogens is 2. The van der Waals surface area contributed by atoms with Gasteiger partial charge in [0.2, 0.25) is 0 Å². The van der Waals surface area contributed by atoms with Crippen molar-refractivity contribution >= 4 is 5.91 Å². The van der Waals surface area contributed by atoms with E-state index >= 15 is 0 Å². The zero-order valence-electron chi connectivity index (χ0n) is 12.2. The monoisotopic (exact) mass is 287 g/mol. The van der Waals surface area contributed by atoms with E-state index in [1.165, 1.54) is 12.1 Å². The molecule has 0 atom stereocenters. The zero-order chi connectivity index (χ0) is 15.4. The van der Waals surface area contributed by atoms with E-state index in [0.29, 0.717) is 6.54 Å². The highest BCUT2D eigenvalue weighted by molar-refractivity contribution is 5.91. The summed E-state index contributed by atoms with van der Waals surface area (Å²) >= 11 is 0. The summed E-state index contributed by atoms with van der Waals surface area (Å²) in [5.41, 5.74) is 2.97. The molecule has 0 aliphatic heterocycles. The molecular formula is C15H17N3O3. The number of nitrogens with one attached hydrogen (secondary N) is 2. The van der Waals surface area contributed by atoms with Crippen molar-refractivity contribution in [1.82, 2.24) is 15.5 Å². The zero-order valence-corrected chi connectivity index (χ0v) is 12.2. The van der Waals surface area contributed by atoms with E-state index < -0.39 is 0 Å². The highest BCUT2D eigenvalue weighted by Gasteiger charge is 2.10. The van der Waals surface area contributed by atoms with E-state index in [2.05, 4.69) is 15.5 Å². The maximum atomic E-state index is 11.9. The summed E-state index contributed by atoms with van der Waals surface area (Å²) in [4.78, 5) is 22.8. The lowest BCUT2D eigenvalue weighted by Crippen LogP contribution is -2.25. The first kappa shape index (κ1) is 14.8. The van der Waals surface area contributed by atoms with Crippen molar-refractivity contribution in [2.24, 2.45) is 0 Å². The van der Waals surface area contributed by atoms with E-state index in [0.717, 1.165) is 22.4 Å². The molecule has 0 unspecified atom stereocenters. The van der Waals surface area contributed by atoms with Gasteiger partial charge in [-0.25, -0.2) is 5.10 Å². The number of rotatable bonds is 4. The summed E-state index contributed by atoms with van der Waals surface area (Å²) in [5, 5.41) is 8.70. The minimum absolute atomic E-state index is 0.178. The molecule has 21 heavy (non-hydrogen) atoms. The average Bonchev–Trinajstić information content (AvgIpc) is 2.49. The fourth-order valence-corrected chi connectivity index (χ4v) is 2.00. The molecule has 2 rings (SSSR count). The van der Waals surface area contributed by atoms with Crippen molar-refractivity contribution in [3.05, 3.63) is 57.0 Å². The van der Waals surface area contributed by atoms with Gasteiger partial charge in [0.05, 0.1) is 7.11 Å². The van der Waals surface area contributed by atoms with Crippen LogP contribution in [0.3, 0.4) is 0 Å². The maximum Gasteiger partial charge on any atom is 0.271 e. The standard InChI is InChI=1S/C15H17N3O3/c1-9-10(2)13(21-3)6-4-11(9)8-16-15(20)12-5-7-14(19)18-17-12/h4-7H,8H2,1-3H3,(H,16,20)(H,18,19). The fraction of sp³-hybridized carbons (Fsp3) is 0.267. The van der Waals surface area contributed by atoms with Gasteiger partial charge in [-0.05, 0) is 42.7 Å². The van der Waals surface area contributed by atoms with Crippen molar-refractivity contribution in [2.45, 2.75) is 20.4 Å². The molecule has 0 saturated heterocycles. The molecule has 0 spiro atoms. The first-order valence-electron chi connectivity index (χ1n) is 6.50. The minimum atomic E-state index is -0.340. The lowest BCUT2D eigenvalue weighted by Gasteiger charge is -2.13. The molecule has 6 heteroatoms. The number of benzene rings is 1. The number of aromatic amines is 1. The van der Waals surface area contributed by atoms with Gasteiger partial charge in [-0.3, -0.25) is 9.59 Å². The molecule has 2 N–H and O–H groups in total. The molecule has 2 aromatic rings. The molecule has 0 aliphatic rings. The van der Waals surface area contributed by atoms with Crippen molar-refractivity contribution in [3.8, 4) is 5.75 Å². The van der Waals surface area contributed by atoms with E-state index in [1.54, 1.807) is 7.11 Å². The Bertz CT molecular complexity index is 702. The predicted octanol–water partition coefficient (Wildman–Crippen LogP) is 1.33. The predicted molar refractivity (Wildman–Crippen MR) is 78.5 cm³/mol. The molecular weight excluding hydrogens is 270 g/mol. The average molecular weight is 287 g/mol. The molecule has 0 saturated carbocycles. The number of carbonyl (C=O) groups excluding carboxylic acids is 1. The van der Waals surface area contributed by atoms with Gasteiger partial charge >= 0.3 is 0 Å². The second-order valence-corrected chi connectivity index (χ2v) is 4.67. The first-order valence-corrected chi connectivity index (χ1v) is 6.50. The molecule has 1 amide bonds. The molecule has 110 valence electrons. The van der Waals surface area contributed by atoms with Gasteiger partial charge in [0.1, 0.15) is 11.4 Å². The lowest BCUT2D eigenvalue weighted by atomic mass is 10.0. The smallest absolute Gasteiger partial charge is 0.271 e. The van der Waals surface area contributed by atoms with E-state index in [1.807, 2.05) is 26.0 Å². The van der Waals surface area contributed by atoms with Crippen molar-refractivity contribution < 1.29 is 9.53 Å². The third-order valence-corrected chi connectivity index (χ3v) is 3.42. The van der Waals surface area contributed by atoms with Gasteiger partial charge in [-0.1, -0.05) is 6.07 Å². The summed E-state index contributed by atoms with van der Waals surface area (Å²) < 4.78 is 5.26. The Labute approximate surface area is 122 Å². The quantitative estimate of drug-likeness (QED) is 0.888. The number of hydrogen-bond acceptors (Lipinski definition) is 4. The van der Waals surface area contributed by atoms with Crippen LogP contribution in [-0.4, -0.2) is 23.2 Å². The van der Waals surface area contributed by atoms with Crippen LogP contribution in [0.15, 0.2) is 29.1 Å². The Morgan fingerprint density at radius 1 is 1.24 bits per heavy atom. The Balaban J connectivity index is 2.09. The van der Waals surface area contributed by atoms with Crippen molar-refractivity contribution in [3.63, 3.8) is 0 Å². The number of amides is 1. The van der Waals surface area contributed by atoms with Gasteiger partial charge in [0.25, 0.3) is 11.5 Å².